The summed E-state index contributed by atoms with van der Waals surface area (Å²) in [4.78, 5) is 27.8. The van der Waals surface area contributed by atoms with Crippen molar-refractivity contribution in [1.29, 1.82) is 0 Å². The predicted octanol–water partition coefficient (Wildman–Crippen LogP) is 1.79. The van der Waals surface area contributed by atoms with Crippen LogP contribution < -0.4 is 0 Å². The fourth-order valence-electron chi connectivity index (χ4n) is 5.26. The molecule has 5 heteroatoms. The van der Waals surface area contributed by atoms with Crippen molar-refractivity contribution < 1.29 is 14.3 Å². The number of rotatable bonds is 4. The zero-order valence-corrected chi connectivity index (χ0v) is 15.0. The number of fused-ring (bicyclic) bond motifs is 6. The average molecular weight is 344 g/mol. The molecule has 25 heavy (non-hydrogen) atoms. The molecule has 3 saturated heterocycles. The summed E-state index contributed by atoms with van der Waals surface area (Å²) in [5, 5.41) is 0. The summed E-state index contributed by atoms with van der Waals surface area (Å²) < 4.78 is 6.04. The highest BCUT2D eigenvalue weighted by Gasteiger charge is 2.47. The van der Waals surface area contributed by atoms with E-state index in [1.165, 1.54) is 6.42 Å². The van der Waals surface area contributed by atoms with Crippen molar-refractivity contribution in [2.24, 2.45) is 11.8 Å². The molecule has 0 aromatic carbocycles. The number of ketones is 1. The lowest BCUT2D eigenvalue weighted by molar-refractivity contribution is -0.121. The molecule has 0 radical (unpaired) electrons. The molecule has 5 atom stereocenters. The number of aldehydes is 1. The van der Waals surface area contributed by atoms with Crippen molar-refractivity contribution in [3.05, 3.63) is 23.9 Å². The largest absolute Gasteiger partial charge is 0.373 e. The summed E-state index contributed by atoms with van der Waals surface area (Å²) in [7, 11) is 0. The summed E-state index contributed by atoms with van der Waals surface area (Å²) in [5.74, 6) is 1.56. The molecular formula is C20H28N2O3. The highest BCUT2D eigenvalue weighted by Crippen LogP contribution is 2.42. The fraction of sp³-hybridized carbons (Fsp3) is 0.700. The van der Waals surface area contributed by atoms with Crippen LogP contribution in [-0.4, -0.2) is 66.3 Å². The van der Waals surface area contributed by atoms with Gasteiger partial charge in [0.2, 0.25) is 0 Å². The van der Waals surface area contributed by atoms with Crippen LogP contribution in [0.1, 0.15) is 32.6 Å². The van der Waals surface area contributed by atoms with Gasteiger partial charge in [0.25, 0.3) is 0 Å². The Bertz CT molecular complexity index is 600. The Morgan fingerprint density at radius 3 is 2.92 bits per heavy atom. The summed E-state index contributed by atoms with van der Waals surface area (Å²) in [6.45, 7) is 5.57. The van der Waals surface area contributed by atoms with Crippen LogP contribution in [0.2, 0.25) is 0 Å². The van der Waals surface area contributed by atoms with Gasteiger partial charge in [0.15, 0.2) is 5.78 Å². The molecule has 4 aliphatic rings. The zero-order chi connectivity index (χ0) is 17.4. The van der Waals surface area contributed by atoms with E-state index in [-0.39, 0.29) is 11.9 Å². The van der Waals surface area contributed by atoms with E-state index in [1.807, 2.05) is 19.2 Å². The Morgan fingerprint density at radius 2 is 2.12 bits per heavy atom. The SMILES string of the molecule is CC=C(C=O)COC1CCN2CC3CC(CN4C=CC(=O)CC34)C2C1. The average Bonchev–Trinajstić information content (AvgIpc) is 2.63. The van der Waals surface area contributed by atoms with E-state index in [1.54, 1.807) is 6.08 Å². The molecule has 4 heterocycles. The van der Waals surface area contributed by atoms with Gasteiger partial charge in [0.1, 0.15) is 6.29 Å². The topological polar surface area (TPSA) is 49.9 Å². The van der Waals surface area contributed by atoms with Gasteiger partial charge in [0, 0.05) is 49.9 Å². The van der Waals surface area contributed by atoms with E-state index in [2.05, 4.69) is 9.80 Å². The van der Waals surface area contributed by atoms with E-state index in [4.69, 9.17) is 4.74 Å². The van der Waals surface area contributed by atoms with Crippen LogP contribution in [-0.2, 0) is 14.3 Å². The van der Waals surface area contributed by atoms with Crippen LogP contribution in [0.5, 0.6) is 0 Å². The van der Waals surface area contributed by atoms with Crippen LogP contribution in [0.4, 0.5) is 0 Å². The second-order valence-electron chi connectivity index (χ2n) is 8.01. The molecule has 4 aliphatic heterocycles. The molecule has 136 valence electrons. The van der Waals surface area contributed by atoms with E-state index in [9.17, 15) is 9.59 Å². The van der Waals surface area contributed by atoms with Crippen LogP contribution in [0.3, 0.4) is 0 Å². The smallest absolute Gasteiger partial charge is 0.159 e. The molecule has 4 rings (SSSR count). The van der Waals surface area contributed by atoms with Gasteiger partial charge >= 0.3 is 0 Å². The van der Waals surface area contributed by atoms with Gasteiger partial charge in [-0.05, 0) is 44.1 Å². The highest BCUT2D eigenvalue weighted by molar-refractivity contribution is 5.90. The van der Waals surface area contributed by atoms with E-state index >= 15 is 0 Å². The monoisotopic (exact) mass is 344 g/mol. The standard InChI is InChI=1S/C20H28N2O3/c1-2-14(12-23)13-25-18-4-6-22-10-15-7-16(20(22)9-18)11-21-5-3-17(24)8-19(15)21/h2-3,5,12,15-16,18-20H,4,6-11,13H2,1H3. The summed E-state index contributed by atoms with van der Waals surface area (Å²) in [6, 6.07) is 0.987. The first kappa shape index (κ1) is 17.0. The zero-order valence-electron chi connectivity index (χ0n) is 15.0. The number of hydrogen-bond acceptors (Lipinski definition) is 5. The summed E-state index contributed by atoms with van der Waals surface area (Å²) in [5.41, 5.74) is 0.731. The second-order valence-corrected chi connectivity index (χ2v) is 8.01. The molecule has 0 saturated carbocycles. The van der Waals surface area contributed by atoms with Crippen LogP contribution in [0, 0.1) is 11.8 Å². The molecule has 0 N–H and O–H groups in total. The van der Waals surface area contributed by atoms with E-state index in [0.29, 0.717) is 36.9 Å². The van der Waals surface area contributed by atoms with E-state index in [0.717, 1.165) is 44.3 Å². The lowest BCUT2D eigenvalue weighted by Crippen LogP contribution is -2.63. The minimum atomic E-state index is 0.254. The number of ether oxygens (including phenoxy) is 1. The molecule has 2 bridgehead atoms. The minimum absolute atomic E-state index is 0.254. The van der Waals surface area contributed by atoms with Gasteiger partial charge in [-0.1, -0.05) is 6.08 Å². The Hall–Kier alpha value is -1.46. The van der Waals surface area contributed by atoms with Gasteiger partial charge < -0.3 is 9.64 Å². The third kappa shape index (κ3) is 3.32. The number of piperidine rings is 3. The number of carbonyl (C=O) groups is 2. The molecule has 5 unspecified atom stereocenters. The maximum absolute atomic E-state index is 11.8. The number of carbonyl (C=O) groups excluding carboxylic acids is 2. The molecule has 3 fully saturated rings. The fourth-order valence-corrected chi connectivity index (χ4v) is 5.26. The first-order valence-electron chi connectivity index (χ1n) is 9.60. The molecular weight excluding hydrogens is 316 g/mol. The van der Waals surface area contributed by atoms with Gasteiger partial charge in [-0.15, -0.1) is 0 Å². The number of hydrogen-bond donors (Lipinski definition) is 0. The molecule has 0 amide bonds. The van der Waals surface area contributed by atoms with Crippen LogP contribution in [0.25, 0.3) is 0 Å². The van der Waals surface area contributed by atoms with Crippen molar-refractivity contribution in [3.8, 4) is 0 Å². The van der Waals surface area contributed by atoms with Gasteiger partial charge in [-0.3, -0.25) is 14.5 Å². The van der Waals surface area contributed by atoms with Crippen molar-refractivity contribution in [2.75, 3.05) is 26.2 Å². The first-order chi connectivity index (χ1) is 12.2. The third-order valence-corrected chi connectivity index (χ3v) is 6.62. The molecule has 0 spiro atoms. The van der Waals surface area contributed by atoms with Crippen molar-refractivity contribution in [3.63, 3.8) is 0 Å². The number of allylic oxidation sites excluding steroid dienone is 2. The maximum Gasteiger partial charge on any atom is 0.159 e. The third-order valence-electron chi connectivity index (χ3n) is 6.62. The van der Waals surface area contributed by atoms with Gasteiger partial charge in [-0.2, -0.15) is 0 Å². The Morgan fingerprint density at radius 1 is 1.28 bits per heavy atom. The second kappa shape index (κ2) is 7.04. The summed E-state index contributed by atoms with van der Waals surface area (Å²) in [6.07, 6.45) is 10.8. The quantitative estimate of drug-likeness (QED) is 0.575. The molecule has 5 nitrogen and oxygen atoms in total. The Labute approximate surface area is 149 Å². The Kier molecular flexibility index (Phi) is 4.78. The van der Waals surface area contributed by atoms with Crippen molar-refractivity contribution in [1.82, 2.24) is 9.80 Å². The highest BCUT2D eigenvalue weighted by atomic mass is 16.5. The van der Waals surface area contributed by atoms with Crippen LogP contribution in [0.15, 0.2) is 23.9 Å². The number of nitrogens with zero attached hydrogens (tertiary/aromatic N) is 2. The molecule has 0 aliphatic carbocycles. The van der Waals surface area contributed by atoms with Gasteiger partial charge in [-0.25, -0.2) is 0 Å². The molecule has 0 aromatic heterocycles. The van der Waals surface area contributed by atoms with Gasteiger partial charge in [0.05, 0.1) is 12.7 Å². The van der Waals surface area contributed by atoms with Crippen molar-refractivity contribution in [2.45, 2.75) is 50.8 Å². The Balaban J connectivity index is 1.41. The molecule has 0 aromatic rings. The van der Waals surface area contributed by atoms with E-state index < -0.39 is 0 Å². The van der Waals surface area contributed by atoms with Crippen LogP contribution >= 0.6 is 0 Å². The predicted molar refractivity (Wildman–Crippen MR) is 95.0 cm³/mol. The normalized spacial score (nSPS) is 38.3. The minimum Gasteiger partial charge on any atom is -0.373 e. The lowest BCUT2D eigenvalue weighted by Gasteiger charge is -2.57. The first-order valence-corrected chi connectivity index (χ1v) is 9.60. The summed E-state index contributed by atoms with van der Waals surface area (Å²) >= 11 is 0. The maximum atomic E-state index is 11.8. The van der Waals surface area contributed by atoms with Crippen molar-refractivity contribution >= 4 is 12.1 Å². The lowest BCUT2D eigenvalue weighted by atomic mass is 9.71.